The molecule has 2 rings (SSSR count). The molecule has 2 atom stereocenters. The molecule has 5 heteroatoms. The summed E-state index contributed by atoms with van der Waals surface area (Å²) in [5.41, 5.74) is 0.831. The first-order chi connectivity index (χ1) is 10.5. The molecule has 0 heterocycles. The molecule has 1 aliphatic carbocycles. The molecule has 1 aromatic carbocycles. The Kier molecular flexibility index (Phi) is 5.61. The topological polar surface area (TPSA) is 52.6 Å². The first kappa shape index (κ1) is 16.6. The lowest BCUT2D eigenvalue weighted by molar-refractivity contribution is -0.156. The van der Waals surface area contributed by atoms with E-state index in [4.69, 9.17) is 21.1 Å². The fourth-order valence-electron chi connectivity index (χ4n) is 2.46. The van der Waals surface area contributed by atoms with E-state index in [9.17, 15) is 9.59 Å². The molecule has 0 bridgehead atoms. The molecule has 118 valence electrons. The van der Waals surface area contributed by atoms with Crippen LogP contribution in [0, 0.1) is 18.8 Å². The van der Waals surface area contributed by atoms with Gasteiger partial charge in [-0.1, -0.05) is 23.8 Å². The predicted molar refractivity (Wildman–Crippen MR) is 83.8 cm³/mol. The Balaban J connectivity index is 2.10. The van der Waals surface area contributed by atoms with E-state index < -0.39 is 17.8 Å². The van der Waals surface area contributed by atoms with Gasteiger partial charge in [0, 0.05) is 5.02 Å². The highest BCUT2D eigenvalue weighted by Crippen LogP contribution is 2.29. The second-order valence-corrected chi connectivity index (χ2v) is 5.65. The molecule has 0 saturated carbocycles. The molecule has 0 radical (unpaired) electrons. The van der Waals surface area contributed by atoms with Crippen molar-refractivity contribution in [2.24, 2.45) is 11.8 Å². The van der Waals surface area contributed by atoms with Crippen LogP contribution in [0.1, 0.15) is 25.3 Å². The third kappa shape index (κ3) is 3.89. The average Bonchev–Trinajstić information content (AvgIpc) is 2.51. The summed E-state index contributed by atoms with van der Waals surface area (Å²) in [4.78, 5) is 24.4. The molecule has 0 saturated heterocycles. The first-order valence-electron chi connectivity index (χ1n) is 7.32. The summed E-state index contributed by atoms with van der Waals surface area (Å²) in [6.45, 7) is 3.89. The van der Waals surface area contributed by atoms with Crippen LogP contribution in [0.3, 0.4) is 0 Å². The van der Waals surface area contributed by atoms with Crippen LogP contribution in [0.25, 0.3) is 0 Å². The van der Waals surface area contributed by atoms with Crippen LogP contribution in [0.2, 0.25) is 5.02 Å². The van der Waals surface area contributed by atoms with Crippen molar-refractivity contribution >= 4 is 23.5 Å². The van der Waals surface area contributed by atoms with Gasteiger partial charge in [0.05, 0.1) is 18.4 Å². The van der Waals surface area contributed by atoms with Gasteiger partial charge in [-0.15, -0.1) is 0 Å². The summed E-state index contributed by atoms with van der Waals surface area (Å²) in [6, 6.07) is 5.03. The van der Waals surface area contributed by atoms with Crippen LogP contribution in [-0.4, -0.2) is 18.5 Å². The largest absolute Gasteiger partial charge is 0.466 e. The van der Waals surface area contributed by atoms with Crippen molar-refractivity contribution in [2.45, 2.75) is 26.7 Å². The molecular weight excluding hydrogens is 304 g/mol. The summed E-state index contributed by atoms with van der Waals surface area (Å²) in [7, 11) is 0. The van der Waals surface area contributed by atoms with Crippen molar-refractivity contribution in [3.8, 4) is 5.75 Å². The van der Waals surface area contributed by atoms with E-state index in [2.05, 4.69) is 0 Å². The first-order valence-corrected chi connectivity index (χ1v) is 7.70. The van der Waals surface area contributed by atoms with Gasteiger partial charge in [0.2, 0.25) is 0 Å². The zero-order valence-corrected chi connectivity index (χ0v) is 13.4. The number of rotatable bonds is 4. The Hall–Kier alpha value is -1.81. The smallest absolute Gasteiger partial charge is 0.315 e. The maximum Gasteiger partial charge on any atom is 0.315 e. The van der Waals surface area contributed by atoms with Crippen LogP contribution < -0.4 is 4.74 Å². The van der Waals surface area contributed by atoms with E-state index in [0.717, 1.165) is 5.56 Å². The van der Waals surface area contributed by atoms with Crippen LogP contribution in [0.15, 0.2) is 30.4 Å². The van der Waals surface area contributed by atoms with Crippen molar-refractivity contribution in [1.82, 2.24) is 0 Å². The van der Waals surface area contributed by atoms with Gasteiger partial charge in [-0.2, -0.15) is 0 Å². The van der Waals surface area contributed by atoms with Gasteiger partial charge in [-0.25, -0.2) is 0 Å². The van der Waals surface area contributed by atoms with Crippen LogP contribution in [-0.2, 0) is 14.3 Å². The molecule has 0 N–H and O–H groups in total. The number of ether oxygens (including phenoxy) is 2. The molecule has 22 heavy (non-hydrogen) atoms. The lowest BCUT2D eigenvalue weighted by atomic mass is 9.83. The summed E-state index contributed by atoms with van der Waals surface area (Å²) in [5, 5.41) is 0.616. The van der Waals surface area contributed by atoms with Crippen molar-refractivity contribution < 1.29 is 19.1 Å². The van der Waals surface area contributed by atoms with E-state index in [1.54, 1.807) is 25.1 Å². The number of hydrogen-bond acceptors (Lipinski definition) is 4. The van der Waals surface area contributed by atoms with Gasteiger partial charge >= 0.3 is 11.9 Å². The Labute approximate surface area is 135 Å². The summed E-state index contributed by atoms with van der Waals surface area (Å²) >= 11 is 5.95. The van der Waals surface area contributed by atoms with Crippen LogP contribution in [0.4, 0.5) is 0 Å². The zero-order chi connectivity index (χ0) is 16.1. The lowest BCUT2D eigenvalue weighted by Crippen LogP contribution is -2.34. The number of aryl methyl sites for hydroxylation is 1. The van der Waals surface area contributed by atoms with Gasteiger partial charge in [-0.05, 0) is 50.5 Å². The van der Waals surface area contributed by atoms with Crippen molar-refractivity contribution in [3.63, 3.8) is 0 Å². The van der Waals surface area contributed by atoms with Gasteiger partial charge in [0.1, 0.15) is 5.75 Å². The molecule has 0 aromatic heterocycles. The van der Waals surface area contributed by atoms with Gasteiger partial charge in [0.15, 0.2) is 0 Å². The molecular formula is C17H19ClO4. The average molecular weight is 323 g/mol. The van der Waals surface area contributed by atoms with Gasteiger partial charge in [0.25, 0.3) is 0 Å². The summed E-state index contributed by atoms with van der Waals surface area (Å²) < 4.78 is 10.5. The van der Waals surface area contributed by atoms with E-state index in [-0.39, 0.29) is 5.97 Å². The maximum absolute atomic E-state index is 12.4. The number of halogens is 1. The van der Waals surface area contributed by atoms with E-state index in [0.29, 0.717) is 30.2 Å². The Morgan fingerprint density at radius 2 is 1.82 bits per heavy atom. The number of allylic oxidation sites excluding steroid dienone is 2. The monoisotopic (exact) mass is 322 g/mol. The fourth-order valence-corrected chi connectivity index (χ4v) is 2.57. The number of hydrogen-bond donors (Lipinski definition) is 0. The molecule has 0 amide bonds. The molecule has 0 spiro atoms. The van der Waals surface area contributed by atoms with Gasteiger partial charge in [-0.3, -0.25) is 9.59 Å². The van der Waals surface area contributed by atoms with Crippen molar-refractivity contribution in [1.29, 1.82) is 0 Å². The number of esters is 2. The lowest BCUT2D eigenvalue weighted by Gasteiger charge is -2.25. The molecule has 1 aromatic rings. The van der Waals surface area contributed by atoms with Crippen LogP contribution >= 0.6 is 11.6 Å². The third-order valence-electron chi connectivity index (χ3n) is 3.67. The minimum Gasteiger partial charge on any atom is -0.466 e. The number of carbonyl (C=O) groups is 2. The molecule has 2 unspecified atom stereocenters. The predicted octanol–water partition coefficient (Wildman–Crippen LogP) is 3.70. The van der Waals surface area contributed by atoms with Crippen LogP contribution in [0.5, 0.6) is 5.75 Å². The molecule has 4 nitrogen and oxygen atoms in total. The molecule has 0 aliphatic heterocycles. The van der Waals surface area contributed by atoms with Gasteiger partial charge < -0.3 is 9.47 Å². The molecule has 0 fully saturated rings. The zero-order valence-electron chi connectivity index (χ0n) is 12.7. The maximum atomic E-state index is 12.4. The number of carbonyl (C=O) groups excluding carboxylic acids is 2. The summed E-state index contributed by atoms with van der Waals surface area (Å²) in [6.07, 6.45) is 4.78. The highest BCUT2D eigenvalue weighted by Gasteiger charge is 2.36. The number of benzene rings is 1. The minimum absolute atomic E-state index is 0.303. The quantitative estimate of drug-likeness (QED) is 0.482. The highest BCUT2D eigenvalue weighted by molar-refractivity contribution is 6.31. The Morgan fingerprint density at radius 3 is 2.41 bits per heavy atom. The standard InChI is InChI=1S/C17H19ClO4/c1-3-21-16(19)13-6-4-5-7-14(13)17(20)22-12-8-9-15(18)11(2)10-12/h4-5,8-10,13-14H,3,6-7H2,1-2H3. The molecule has 1 aliphatic rings. The van der Waals surface area contributed by atoms with E-state index in [1.165, 1.54) is 0 Å². The highest BCUT2D eigenvalue weighted by atomic mass is 35.5. The van der Waals surface area contributed by atoms with Crippen molar-refractivity contribution in [3.05, 3.63) is 40.9 Å². The second kappa shape index (κ2) is 7.45. The fraction of sp³-hybridized carbons (Fsp3) is 0.412. The van der Waals surface area contributed by atoms with E-state index >= 15 is 0 Å². The Bertz CT molecular complexity index is 594. The second-order valence-electron chi connectivity index (χ2n) is 5.24. The Morgan fingerprint density at radius 1 is 1.18 bits per heavy atom. The summed E-state index contributed by atoms with van der Waals surface area (Å²) in [5.74, 6) is -1.32. The SMILES string of the molecule is CCOC(=O)C1CC=CCC1C(=O)Oc1ccc(Cl)c(C)c1. The van der Waals surface area contributed by atoms with Crippen molar-refractivity contribution in [2.75, 3.05) is 6.61 Å². The third-order valence-corrected chi connectivity index (χ3v) is 4.10. The minimum atomic E-state index is -0.514. The normalized spacial score (nSPS) is 20.5. The van der Waals surface area contributed by atoms with E-state index in [1.807, 2.05) is 19.1 Å².